The predicted octanol–water partition coefficient (Wildman–Crippen LogP) is 3.34. The van der Waals surface area contributed by atoms with E-state index in [1.807, 2.05) is 42.6 Å². The normalized spacial score (nSPS) is 10.1. The molecule has 2 rings (SSSR count). The van der Waals surface area contributed by atoms with Crippen LogP contribution in [0.5, 0.6) is 0 Å². The lowest BCUT2D eigenvalue weighted by molar-refractivity contribution is 1.40. The van der Waals surface area contributed by atoms with Crippen LogP contribution in [0, 0.1) is 0 Å². The van der Waals surface area contributed by atoms with E-state index in [-0.39, 0.29) is 0 Å². The Kier molecular flexibility index (Phi) is 1.88. The fraction of sp³-hybridized carbons (Fsp3) is 0. The Morgan fingerprint density at radius 2 is 1.83 bits per heavy atom. The quantitative estimate of drug-likeness (QED) is 0.688. The summed E-state index contributed by atoms with van der Waals surface area (Å²) in [7, 11) is 0. The van der Waals surface area contributed by atoms with Crippen LogP contribution in [-0.2, 0) is 0 Å². The fourth-order valence-corrected chi connectivity index (χ4v) is 1.42. The number of halogens is 1. The highest BCUT2D eigenvalue weighted by atomic mass is 35.5. The van der Waals surface area contributed by atoms with Crippen LogP contribution in [-0.4, -0.2) is 4.98 Å². The van der Waals surface area contributed by atoms with Crippen LogP contribution in [0.3, 0.4) is 0 Å². The van der Waals surface area contributed by atoms with Gasteiger partial charge in [-0.15, -0.1) is 0 Å². The van der Waals surface area contributed by atoms with Gasteiger partial charge in [-0.05, 0) is 18.2 Å². The molecule has 12 heavy (non-hydrogen) atoms. The number of nitrogens with one attached hydrogen (secondary N) is 1. The zero-order chi connectivity index (χ0) is 8.39. The van der Waals surface area contributed by atoms with E-state index in [0.717, 1.165) is 16.3 Å². The summed E-state index contributed by atoms with van der Waals surface area (Å²) >= 11 is 6.00. The maximum Gasteiger partial charge on any atom is 0.0499 e. The van der Waals surface area contributed by atoms with Gasteiger partial charge in [0.1, 0.15) is 0 Å². The summed E-state index contributed by atoms with van der Waals surface area (Å²) in [5, 5.41) is 0.778. The van der Waals surface area contributed by atoms with Crippen molar-refractivity contribution in [1.82, 2.24) is 4.98 Å². The molecule has 1 nitrogen and oxygen atoms in total. The third-order valence-corrected chi connectivity index (χ3v) is 2.09. The van der Waals surface area contributed by atoms with Gasteiger partial charge in [-0.3, -0.25) is 0 Å². The van der Waals surface area contributed by atoms with Crippen LogP contribution in [0.1, 0.15) is 0 Å². The first-order valence-corrected chi connectivity index (χ1v) is 4.14. The van der Waals surface area contributed by atoms with E-state index in [2.05, 4.69) is 4.98 Å². The molecular weight excluding hydrogens is 170 g/mol. The van der Waals surface area contributed by atoms with Gasteiger partial charge in [0.2, 0.25) is 0 Å². The van der Waals surface area contributed by atoms with Gasteiger partial charge in [0.15, 0.2) is 0 Å². The maximum atomic E-state index is 6.00. The van der Waals surface area contributed by atoms with Crippen molar-refractivity contribution in [3.05, 3.63) is 47.6 Å². The molecule has 0 amide bonds. The van der Waals surface area contributed by atoms with Gasteiger partial charge in [-0.2, -0.15) is 0 Å². The zero-order valence-electron chi connectivity index (χ0n) is 6.42. The summed E-state index contributed by atoms with van der Waals surface area (Å²) in [6.07, 6.45) is 1.89. The first-order valence-electron chi connectivity index (χ1n) is 3.76. The zero-order valence-corrected chi connectivity index (χ0v) is 7.18. The van der Waals surface area contributed by atoms with Crippen molar-refractivity contribution in [2.75, 3.05) is 0 Å². The molecule has 0 saturated carbocycles. The van der Waals surface area contributed by atoms with Gasteiger partial charge in [0, 0.05) is 22.5 Å². The summed E-state index contributed by atoms with van der Waals surface area (Å²) in [5.74, 6) is 0. The predicted molar refractivity (Wildman–Crippen MR) is 51.2 cm³/mol. The molecule has 60 valence electrons. The number of benzene rings is 1. The number of rotatable bonds is 1. The van der Waals surface area contributed by atoms with E-state index in [0.29, 0.717) is 0 Å². The first kappa shape index (κ1) is 7.44. The van der Waals surface area contributed by atoms with Crippen molar-refractivity contribution < 1.29 is 0 Å². The standard InChI is InChI=1S/C10H8ClN/c11-9-5-2-1-4-8(9)10-6-3-7-12-10/h1-7,12H. The maximum absolute atomic E-state index is 6.00. The molecule has 0 bridgehead atoms. The number of hydrogen-bond donors (Lipinski definition) is 1. The van der Waals surface area contributed by atoms with E-state index < -0.39 is 0 Å². The Balaban J connectivity index is 2.55. The molecule has 0 aliphatic rings. The van der Waals surface area contributed by atoms with E-state index in [1.165, 1.54) is 0 Å². The Labute approximate surface area is 76.0 Å². The van der Waals surface area contributed by atoms with Crippen LogP contribution >= 0.6 is 11.6 Å². The summed E-state index contributed by atoms with van der Waals surface area (Å²) in [6.45, 7) is 0. The van der Waals surface area contributed by atoms with Crippen molar-refractivity contribution in [2.45, 2.75) is 0 Å². The molecule has 0 fully saturated rings. The summed E-state index contributed by atoms with van der Waals surface area (Å²) < 4.78 is 0. The van der Waals surface area contributed by atoms with E-state index in [1.54, 1.807) is 0 Å². The molecule has 2 heteroatoms. The second-order valence-electron chi connectivity index (χ2n) is 2.56. The summed E-state index contributed by atoms with van der Waals surface area (Å²) in [4.78, 5) is 3.11. The SMILES string of the molecule is Clc1ccccc1-c1ccc[nH]1. The van der Waals surface area contributed by atoms with E-state index in [4.69, 9.17) is 11.6 Å². The monoisotopic (exact) mass is 177 g/mol. The third-order valence-electron chi connectivity index (χ3n) is 1.76. The van der Waals surface area contributed by atoms with Crippen LogP contribution in [0.15, 0.2) is 42.6 Å². The van der Waals surface area contributed by atoms with Gasteiger partial charge in [0.25, 0.3) is 0 Å². The first-order chi connectivity index (χ1) is 5.88. The second kappa shape index (κ2) is 3.03. The van der Waals surface area contributed by atoms with Crippen molar-refractivity contribution in [3.8, 4) is 11.3 Å². The Bertz CT molecular complexity index is 365. The van der Waals surface area contributed by atoms with Crippen LogP contribution in [0.2, 0.25) is 5.02 Å². The molecule has 0 aliphatic carbocycles. The number of aromatic nitrogens is 1. The molecule has 1 N–H and O–H groups in total. The minimum Gasteiger partial charge on any atom is -0.361 e. The highest BCUT2D eigenvalue weighted by Gasteiger charge is 2.00. The highest BCUT2D eigenvalue weighted by Crippen LogP contribution is 2.25. The van der Waals surface area contributed by atoms with Gasteiger partial charge >= 0.3 is 0 Å². The molecule has 2 aromatic rings. The lowest BCUT2D eigenvalue weighted by atomic mass is 10.2. The molecule has 1 aromatic heterocycles. The number of hydrogen-bond acceptors (Lipinski definition) is 0. The third kappa shape index (κ3) is 1.23. The molecule has 0 atom stereocenters. The van der Waals surface area contributed by atoms with E-state index in [9.17, 15) is 0 Å². The average Bonchev–Trinajstić information content (AvgIpc) is 2.57. The fourth-order valence-electron chi connectivity index (χ4n) is 1.18. The van der Waals surface area contributed by atoms with Gasteiger partial charge in [-0.25, -0.2) is 0 Å². The average molecular weight is 178 g/mol. The Morgan fingerprint density at radius 1 is 1.00 bits per heavy atom. The molecule has 1 aromatic carbocycles. The van der Waals surface area contributed by atoms with Gasteiger partial charge in [0.05, 0.1) is 0 Å². The second-order valence-corrected chi connectivity index (χ2v) is 2.97. The van der Waals surface area contributed by atoms with Crippen molar-refractivity contribution in [1.29, 1.82) is 0 Å². The van der Waals surface area contributed by atoms with Crippen LogP contribution in [0.4, 0.5) is 0 Å². The molecule has 0 aliphatic heterocycles. The van der Waals surface area contributed by atoms with Crippen molar-refractivity contribution in [2.24, 2.45) is 0 Å². The topological polar surface area (TPSA) is 15.8 Å². The van der Waals surface area contributed by atoms with Crippen LogP contribution < -0.4 is 0 Å². The largest absolute Gasteiger partial charge is 0.361 e. The molecular formula is C10H8ClN. The van der Waals surface area contributed by atoms with Crippen molar-refractivity contribution in [3.63, 3.8) is 0 Å². The lowest BCUT2D eigenvalue weighted by Gasteiger charge is -1.99. The minimum absolute atomic E-state index is 0.778. The molecule has 0 spiro atoms. The highest BCUT2D eigenvalue weighted by molar-refractivity contribution is 6.33. The molecule has 0 saturated heterocycles. The van der Waals surface area contributed by atoms with Gasteiger partial charge in [-0.1, -0.05) is 29.8 Å². The van der Waals surface area contributed by atoms with Gasteiger partial charge < -0.3 is 4.98 Å². The molecule has 0 unspecified atom stereocenters. The van der Waals surface area contributed by atoms with Crippen molar-refractivity contribution >= 4 is 11.6 Å². The van der Waals surface area contributed by atoms with Crippen LogP contribution in [0.25, 0.3) is 11.3 Å². The number of aromatic amines is 1. The Morgan fingerprint density at radius 3 is 2.50 bits per heavy atom. The summed E-state index contributed by atoms with van der Waals surface area (Å²) in [6, 6.07) is 11.7. The van der Waals surface area contributed by atoms with E-state index >= 15 is 0 Å². The number of H-pyrrole nitrogens is 1. The molecule has 0 radical (unpaired) electrons. The summed E-state index contributed by atoms with van der Waals surface area (Å²) in [5.41, 5.74) is 2.10. The smallest absolute Gasteiger partial charge is 0.0499 e. The lowest BCUT2D eigenvalue weighted by Crippen LogP contribution is -1.76. The molecule has 1 heterocycles. The minimum atomic E-state index is 0.778. The Hall–Kier alpha value is -1.21.